The highest BCUT2D eigenvalue weighted by atomic mass is 35.6. The van der Waals surface area contributed by atoms with Gasteiger partial charge in [-0.25, -0.2) is 4.79 Å². The normalized spacial score (nSPS) is 11.2. The Bertz CT molecular complexity index is 342. The van der Waals surface area contributed by atoms with Crippen LogP contribution in [0, 0.1) is 0 Å². The van der Waals surface area contributed by atoms with E-state index in [9.17, 15) is 4.79 Å². The van der Waals surface area contributed by atoms with Crippen molar-refractivity contribution >= 4 is 52.4 Å². The average Bonchev–Trinajstić information content (AvgIpc) is 2.14. The van der Waals surface area contributed by atoms with Crippen LogP contribution in [0.3, 0.4) is 0 Å². The highest BCUT2D eigenvalue weighted by Crippen LogP contribution is 2.26. The van der Waals surface area contributed by atoms with Crippen LogP contribution >= 0.6 is 46.4 Å². The van der Waals surface area contributed by atoms with Crippen molar-refractivity contribution in [2.75, 3.05) is 6.61 Å². The van der Waals surface area contributed by atoms with Crippen molar-refractivity contribution in [3.05, 3.63) is 34.9 Å². The van der Waals surface area contributed by atoms with Crippen LogP contribution in [0.5, 0.6) is 0 Å². The van der Waals surface area contributed by atoms with Crippen molar-refractivity contribution in [1.29, 1.82) is 0 Å². The molecule has 0 radical (unpaired) electrons. The van der Waals surface area contributed by atoms with Crippen molar-refractivity contribution in [1.82, 2.24) is 0 Å². The molecule has 0 aliphatic carbocycles. The number of benzene rings is 1. The first kappa shape index (κ1) is 12.9. The van der Waals surface area contributed by atoms with Gasteiger partial charge in [0.2, 0.25) is 3.79 Å². The van der Waals surface area contributed by atoms with Crippen LogP contribution in [-0.4, -0.2) is 16.4 Å². The van der Waals surface area contributed by atoms with Crippen molar-refractivity contribution in [2.45, 2.75) is 3.79 Å². The van der Waals surface area contributed by atoms with Crippen molar-refractivity contribution < 1.29 is 9.53 Å². The molecule has 0 aliphatic rings. The van der Waals surface area contributed by atoms with Gasteiger partial charge in [-0.2, -0.15) is 0 Å². The molecule has 0 fully saturated rings. The predicted molar refractivity (Wildman–Crippen MR) is 62.0 cm³/mol. The minimum absolute atomic E-state index is 0.293. The van der Waals surface area contributed by atoms with E-state index in [1.54, 1.807) is 12.1 Å². The number of hydrogen-bond donors (Lipinski definition) is 0. The van der Waals surface area contributed by atoms with Crippen LogP contribution in [-0.2, 0) is 4.74 Å². The van der Waals surface area contributed by atoms with Gasteiger partial charge in [-0.15, -0.1) is 0 Å². The standard InChI is InChI=1S/C9H6Cl4O2/c10-7-3-1-6(2-4-7)8(14)15-5-9(11,12)13/h1-4H,5H2. The van der Waals surface area contributed by atoms with Crippen LogP contribution < -0.4 is 0 Å². The van der Waals surface area contributed by atoms with E-state index in [1.165, 1.54) is 12.1 Å². The second-order valence-electron chi connectivity index (χ2n) is 2.70. The largest absolute Gasteiger partial charge is 0.458 e. The number of ether oxygens (including phenoxy) is 1. The van der Waals surface area contributed by atoms with Crippen molar-refractivity contribution in [3.63, 3.8) is 0 Å². The Balaban J connectivity index is 2.58. The lowest BCUT2D eigenvalue weighted by atomic mass is 10.2. The van der Waals surface area contributed by atoms with Crippen LogP contribution in [0.15, 0.2) is 24.3 Å². The number of carbonyl (C=O) groups is 1. The molecular formula is C9H6Cl4O2. The Labute approximate surface area is 107 Å². The Morgan fingerprint density at radius 2 is 1.73 bits per heavy atom. The first-order chi connectivity index (χ1) is 6.88. The third-order valence-electron chi connectivity index (χ3n) is 1.45. The maximum Gasteiger partial charge on any atom is 0.338 e. The molecule has 15 heavy (non-hydrogen) atoms. The van der Waals surface area contributed by atoms with Gasteiger partial charge < -0.3 is 4.74 Å². The average molecular weight is 288 g/mol. The summed E-state index contributed by atoms with van der Waals surface area (Å²) in [6.45, 7) is -0.293. The Hall–Kier alpha value is -0.150. The molecule has 0 heterocycles. The minimum Gasteiger partial charge on any atom is -0.458 e. The smallest absolute Gasteiger partial charge is 0.338 e. The number of rotatable bonds is 2. The summed E-state index contributed by atoms with van der Waals surface area (Å²) in [5, 5.41) is 0.535. The minimum atomic E-state index is -1.60. The molecule has 0 saturated carbocycles. The number of hydrogen-bond acceptors (Lipinski definition) is 2. The Kier molecular flexibility index (Phi) is 4.53. The quantitative estimate of drug-likeness (QED) is 0.610. The third-order valence-corrected chi connectivity index (χ3v) is 2.03. The van der Waals surface area contributed by atoms with Gasteiger partial charge in [0.15, 0.2) is 0 Å². The summed E-state index contributed by atoms with van der Waals surface area (Å²) >= 11 is 21.9. The van der Waals surface area contributed by atoms with E-state index in [0.29, 0.717) is 10.6 Å². The van der Waals surface area contributed by atoms with Gasteiger partial charge in [0.25, 0.3) is 0 Å². The molecule has 0 aliphatic heterocycles. The van der Waals surface area contributed by atoms with Crippen LogP contribution in [0.2, 0.25) is 5.02 Å². The second-order valence-corrected chi connectivity index (χ2v) is 5.65. The topological polar surface area (TPSA) is 26.3 Å². The maximum atomic E-state index is 11.4. The number of esters is 1. The van der Waals surface area contributed by atoms with Crippen LogP contribution in [0.25, 0.3) is 0 Å². The molecule has 0 bridgehead atoms. The molecule has 1 rings (SSSR count). The van der Waals surface area contributed by atoms with Crippen LogP contribution in [0.1, 0.15) is 10.4 Å². The summed E-state index contributed by atoms with van der Waals surface area (Å²) in [6.07, 6.45) is 0. The van der Waals surface area contributed by atoms with Gasteiger partial charge in [0, 0.05) is 5.02 Å². The van der Waals surface area contributed by atoms with Gasteiger partial charge >= 0.3 is 5.97 Å². The molecule has 0 N–H and O–H groups in total. The van der Waals surface area contributed by atoms with Gasteiger partial charge in [-0.3, -0.25) is 0 Å². The SMILES string of the molecule is O=C(OCC(Cl)(Cl)Cl)c1ccc(Cl)cc1. The van der Waals surface area contributed by atoms with Crippen molar-refractivity contribution in [2.24, 2.45) is 0 Å². The molecule has 2 nitrogen and oxygen atoms in total. The first-order valence-corrected chi connectivity index (χ1v) is 5.39. The van der Waals surface area contributed by atoms with Gasteiger partial charge in [0.1, 0.15) is 6.61 Å². The monoisotopic (exact) mass is 286 g/mol. The molecule has 0 atom stereocenters. The fraction of sp³-hybridized carbons (Fsp3) is 0.222. The number of alkyl halides is 3. The Morgan fingerprint density at radius 3 is 2.20 bits per heavy atom. The predicted octanol–water partition coefficient (Wildman–Crippen LogP) is 3.87. The summed E-state index contributed by atoms with van der Waals surface area (Å²) in [4.78, 5) is 11.4. The highest BCUT2D eigenvalue weighted by molar-refractivity contribution is 6.67. The van der Waals surface area contributed by atoms with E-state index < -0.39 is 9.76 Å². The Morgan fingerprint density at radius 1 is 1.20 bits per heavy atom. The van der Waals surface area contributed by atoms with Crippen LogP contribution in [0.4, 0.5) is 0 Å². The lowest BCUT2D eigenvalue weighted by Crippen LogP contribution is -2.17. The molecule has 1 aromatic carbocycles. The van der Waals surface area contributed by atoms with E-state index in [4.69, 9.17) is 51.1 Å². The fourth-order valence-electron chi connectivity index (χ4n) is 0.817. The molecule has 6 heteroatoms. The van der Waals surface area contributed by atoms with E-state index in [0.717, 1.165) is 0 Å². The van der Waals surface area contributed by atoms with E-state index in [2.05, 4.69) is 0 Å². The van der Waals surface area contributed by atoms with E-state index in [-0.39, 0.29) is 6.61 Å². The maximum absolute atomic E-state index is 11.4. The lowest BCUT2D eigenvalue weighted by Gasteiger charge is -2.11. The highest BCUT2D eigenvalue weighted by Gasteiger charge is 2.22. The van der Waals surface area contributed by atoms with Gasteiger partial charge in [-0.05, 0) is 24.3 Å². The molecule has 0 amide bonds. The van der Waals surface area contributed by atoms with E-state index in [1.807, 2.05) is 0 Å². The van der Waals surface area contributed by atoms with Crippen molar-refractivity contribution in [3.8, 4) is 0 Å². The molecular weight excluding hydrogens is 282 g/mol. The number of carbonyl (C=O) groups excluding carboxylic acids is 1. The second kappa shape index (κ2) is 5.26. The zero-order valence-corrected chi connectivity index (χ0v) is 10.4. The zero-order valence-electron chi connectivity index (χ0n) is 7.34. The first-order valence-electron chi connectivity index (χ1n) is 3.88. The molecule has 82 valence electrons. The zero-order chi connectivity index (χ0) is 11.5. The van der Waals surface area contributed by atoms with E-state index >= 15 is 0 Å². The lowest BCUT2D eigenvalue weighted by molar-refractivity contribution is 0.0512. The molecule has 0 aromatic heterocycles. The van der Waals surface area contributed by atoms with Gasteiger partial charge in [0.05, 0.1) is 5.56 Å². The summed E-state index contributed by atoms with van der Waals surface area (Å²) in [5.41, 5.74) is 0.355. The molecule has 0 unspecified atom stereocenters. The number of halogens is 4. The van der Waals surface area contributed by atoms with Gasteiger partial charge in [-0.1, -0.05) is 46.4 Å². The molecule has 1 aromatic rings. The summed E-state index contributed by atoms with van der Waals surface area (Å²) in [7, 11) is 0. The third kappa shape index (κ3) is 4.94. The summed E-state index contributed by atoms with van der Waals surface area (Å²) < 4.78 is 3.16. The molecule has 0 spiro atoms. The fourth-order valence-corrected chi connectivity index (χ4v) is 1.11. The summed E-state index contributed by atoms with van der Waals surface area (Å²) in [6, 6.07) is 6.22. The molecule has 0 saturated heterocycles. The summed E-state index contributed by atoms with van der Waals surface area (Å²) in [5.74, 6) is -0.557.